The molecule has 0 unspecified atom stereocenters. The van der Waals surface area contributed by atoms with Crippen LogP contribution in [0, 0.1) is 5.82 Å². The van der Waals surface area contributed by atoms with Gasteiger partial charge in [0.1, 0.15) is 11.5 Å². The van der Waals surface area contributed by atoms with Crippen LogP contribution < -0.4 is 5.32 Å². The van der Waals surface area contributed by atoms with Gasteiger partial charge in [-0.2, -0.15) is 5.10 Å². The van der Waals surface area contributed by atoms with Gasteiger partial charge in [0, 0.05) is 11.5 Å². The van der Waals surface area contributed by atoms with Crippen LogP contribution in [-0.4, -0.2) is 15.7 Å². The third-order valence-corrected chi connectivity index (χ3v) is 4.68. The predicted molar refractivity (Wildman–Crippen MR) is 97.8 cm³/mol. The number of carbonyl (C=O) groups is 1. The van der Waals surface area contributed by atoms with E-state index in [4.69, 9.17) is 0 Å². The van der Waals surface area contributed by atoms with Crippen molar-refractivity contribution >= 4 is 5.91 Å². The number of nitrogens with zero attached hydrogens (tertiary/aromatic N) is 2. The van der Waals surface area contributed by atoms with Gasteiger partial charge in [-0.3, -0.25) is 4.79 Å². The van der Waals surface area contributed by atoms with Crippen LogP contribution in [0.3, 0.4) is 0 Å². The summed E-state index contributed by atoms with van der Waals surface area (Å²) in [6.07, 6.45) is 2.22. The molecular formula is C21H20FN3O. The second kappa shape index (κ2) is 6.75. The van der Waals surface area contributed by atoms with Crippen LogP contribution >= 0.6 is 0 Å². The lowest BCUT2D eigenvalue weighted by Gasteiger charge is -2.15. The molecule has 0 bridgehead atoms. The molecule has 26 heavy (non-hydrogen) atoms. The van der Waals surface area contributed by atoms with Gasteiger partial charge in [-0.05, 0) is 44.0 Å². The van der Waals surface area contributed by atoms with Crippen molar-refractivity contribution in [1.82, 2.24) is 15.1 Å². The molecule has 0 spiro atoms. The van der Waals surface area contributed by atoms with Gasteiger partial charge in [0.2, 0.25) is 0 Å². The molecule has 1 aliphatic carbocycles. The number of nitrogens with one attached hydrogen (secondary N) is 1. The molecule has 0 aliphatic heterocycles. The standard InChI is InChI=1S/C21H20FN3O/c1-14(17-9-5-6-10-18(17)22)23-21(26)20-13-19(15-11-12-15)24-25(20)16-7-3-2-4-8-16/h2-10,13-15H,11-12H2,1H3,(H,23,26)/t14-/m1/s1. The summed E-state index contributed by atoms with van der Waals surface area (Å²) in [6, 6.07) is 17.5. The van der Waals surface area contributed by atoms with Gasteiger partial charge in [-0.15, -0.1) is 0 Å². The first-order valence-electron chi connectivity index (χ1n) is 8.84. The van der Waals surface area contributed by atoms with Gasteiger partial charge in [0.25, 0.3) is 5.91 Å². The van der Waals surface area contributed by atoms with E-state index in [0.29, 0.717) is 17.2 Å². The summed E-state index contributed by atoms with van der Waals surface area (Å²) in [5, 5.41) is 7.54. The number of benzene rings is 2. The molecule has 1 fully saturated rings. The van der Waals surface area contributed by atoms with Crippen LogP contribution in [0.1, 0.15) is 53.5 Å². The molecule has 1 N–H and O–H groups in total. The zero-order chi connectivity index (χ0) is 18.1. The molecule has 0 radical (unpaired) electrons. The zero-order valence-corrected chi connectivity index (χ0v) is 14.5. The lowest BCUT2D eigenvalue weighted by atomic mass is 10.1. The van der Waals surface area contributed by atoms with E-state index in [1.807, 2.05) is 36.4 Å². The number of aromatic nitrogens is 2. The lowest BCUT2D eigenvalue weighted by Crippen LogP contribution is -2.29. The largest absolute Gasteiger partial charge is 0.344 e. The number of carbonyl (C=O) groups excluding carboxylic acids is 1. The van der Waals surface area contributed by atoms with Gasteiger partial charge in [-0.1, -0.05) is 36.4 Å². The molecular weight excluding hydrogens is 329 g/mol. The van der Waals surface area contributed by atoms with E-state index in [9.17, 15) is 9.18 Å². The Morgan fingerprint density at radius 1 is 1.15 bits per heavy atom. The molecule has 3 aromatic rings. The number of rotatable bonds is 5. The fourth-order valence-electron chi connectivity index (χ4n) is 3.08. The average molecular weight is 349 g/mol. The second-order valence-electron chi connectivity index (χ2n) is 6.69. The Morgan fingerprint density at radius 3 is 2.54 bits per heavy atom. The van der Waals surface area contributed by atoms with Crippen LogP contribution in [0.4, 0.5) is 4.39 Å². The highest BCUT2D eigenvalue weighted by Crippen LogP contribution is 2.39. The lowest BCUT2D eigenvalue weighted by molar-refractivity contribution is 0.0931. The highest BCUT2D eigenvalue weighted by atomic mass is 19.1. The monoisotopic (exact) mass is 349 g/mol. The molecule has 4 rings (SSSR count). The Bertz CT molecular complexity index is 931. The second-order valence-corrected chi connectivity index (χ2v) is 6.69. The van der Waals surface area contributed by atoms with E-state index >= 15 is 0 Å². The van der Waals surface area contributed by atoms with Crippen molar-refractivity contribution in [2.45, 2.75) is 31.7 Å². The summed E-state index contributed by atoms with van der Waals surface area (Å²) in [7, 11) is 0. The highest BCUT2D eigenvalue weighted by Gasteiger charge is 2.29. The van der Waals surface area contributed by atoms with Crippen LogP contribution in [0.5, 0.6) is 0 Å². The average Bonchev–Trinajstić information content (AvgIpc) is 3.41. The van der Waals surface area contributed by atoms with E-state index < -0.39 is 6.04 Å². The van der Waals surface area contributed by atoms with Crippen molar-refractivity contribution < 1.29 is 9.18 Å². The Hall–Kier alpha value is -2.95. The maximum Gasteiger partial charge on any atom is 0.270 e. The normalized spacial score (nSPS) is 14.8. The first-order chi connectivity index (χ1) is 12.6. The Balaban J connectivity index is 1.64. The third-order valence-electron chi connectivity index (χ3n) is 4.68. The van der Waals surface area contributed by atoms with Gasteiger partial charge in [-0.25, -0.2) is 9.07 Å². The predicted octanol–water partition coefficient (Wildman–Crippen LogP) is 4.38. The maximum atomic E-state index is 14.0. The smallest absolute Gasteiger partial charge is 0.270 e. The molecule has 0 saturated heterocycles. The van der Waals surface area contributed by atoms with E-state index in [1.165, 1.54) is 6.07 Å². The van der Waals surface area contributed by atoms with Crippen molar-refractivity contribution in [1.29, 1.82) is 0 Å². The Morgan fingerprint density at radius 2 is 1.85 bits per heavy atom. The minimum absolute atomic E-state index is 0.260. The minimum Gasteiger partial charge on any atom is -0.344 e. The summed E-state index contributed by atoms with van der Waals surface area (Å²) in [5.41, 5.74) is 2.72. The van der Waals surface area contributed by atoms with Crippen LogP contribution in [0.25, 0.3) is 5.69 Å². The van der Waals surface area contributed by atoms with E-state index in [1.54, 1.807) is 29.8 Å². The summed E-state index contributed by atoms with van der Waals surface area (Å²) < 4.78 is 15.7. The van der Waals surface area contributed by atoms with E-state index in [0.717, 1.165) is 24.2 Å². The summed E-state index contributed by atoms with van der Waals surface area (Å²) in [4.78, 5) is 12.9. The molecule has 4 nitrogen and oxygen atoms in total. The number of hydrogen-bond donors (Lipinski definition) is 1. The van der Waals surface area contributed by atoms with Gasteiger partial charge in [0.15, 0.2) is 0 Å². The highest BCUT2D eigenvalue weighted by molar-refractivity contribution is 5.93. The molecule has 1 atom stereocenters. The Labute approximate surface area is 151 Å². The van der Waals surface area contributed by atoms with E-state index in [-0.39, 0.29) is 11.7 Å². The van der Waals surface area contributed by atoms with Crippen molar-refractivity contribution in [3.8, 4) is 5.69 Å². The zero-order valence-electron chi connectivity index (χ0n) is 14.5. The minimum atomic E-state index is -0.438. The topological polar surface area (TPSA) is 46.9 Å². The molecule has 132 valence electrons. The summed E-state index contributed by atoms with van der Waals surface area (Å²) in [5.74, 6) is -0.143. The number of hydrogen-bond acceptors (Lipinski definition) is 2. The van der Waals surface area contributed by atoms with Crippen molar-refractivity contribution in [2.24, 2.45) is 0 Å². The van der Waals surface area contributed by atoms with Crippen LogP contribution in [0.15, 0.2) is 60.7 Å². The van der Waals surface area contributed by atoms with Crippen molar-refractivity contribution in [3.05, 3.63) is 83.4 Å². The first-order valence-corrected chi connectivity index (χ1v) is 8.84. The van der Waals surface area contributed by atoms with Crippen LogP contribution in [-0.2, 0) is 0 Å². The van der Waals surface area contributed by atoms with Gasteiger partial charge >= 0.3 is 0 Å². The van der Waals surface area contributed by atoms with Crippen LogP contribution in [0.2, 0.25) is 0 Å². The quantitative estimate of drug-likeness (QED) is 0.743. The van der Waals surface area contributed by atoms with Crippen molar-refractivity contribution in [2.75, 3.05) is 0 Å². The molecule has 1 aliphatic rings. The van der Waals surface area contributed by atoms with E-state index in [2.05, 4.69) is 10.4 Å². The van der Waals surface area contributed by atoms with Crippen molar-refractivity contribution in [3.63, 3.8) is 0 Å². The summed E-state index contributed by atoms with van der Waals surface area (Å²) >= 11 is 0. The molecule has 1 saturated carbocycles. The molecule has 1 aromatic heterocycles. The SMILES string of the molecule is C[C@@H](NC(=O)c1cc(C2CC2)nn1-c1ccccc1)c1ccccc1F. The summed E-state index contributed by atoms with van der Waals surface area (Å²) in [6.45, 7) is 1.78. The molecule has 1 amide bonds. The molecule has 5 heteroatoms. The fourth-order valence-corrected chi connectivity index (χ4v) is 3.08. The Kier molecular flexibility index (Phi) is 4.29. The first kappa shape index (κ1) is 16.5. The third kappa shape index (κ3) is 3.25. The number of halogens is 1. The number of amides is 1. The number of para-hydroxylation sites is 1. The van der Waals surface area contributed by atoms with Gasteiger partial charge in [0.05, 0.1) is 17.4 Å². The molecule has 1 heterocycles. The van der Waals surface area contributed by atoms with Gasteiger partial charge < -0.3 is 5.32 Å². The fraction of sp³-hybridized carbons (Fsp3) is 0.238. The maximum absolute atomic E-state index is 14.0. The molecule has 2 aromatic carbocycles.